The summed E-state index contributed by atoms with van der Waals surface area (Å²) >= 11 is 1.93. The van der Waals surface area contributed by atoms with Gasteiger partial charge in [-0.15, -0.1) is 11.3 Å². The van der Waals surface area contributed by atoms with Crippen LogP contribution in [0.5, 0.6) is 0 Å². The third-order valence-electron chi connectivity index (χ3n) is 18.3. The third-order valence-corrected chi connectivity index (χ3v) is 19.4. The van der Waals surface area contributed by atoms with Crippen LogP contribution in [0.4, 0.5) is 11.4 Å². The standard InChI is InChI=1S/C77H54N2S/c1-4-19-49(20-5-1)51-35-38-55(39-36-51)78(56-40-42-63-62-30-14-17-34-69(62)77(70(63)46-56)67-32-15-12-28-60(67)61-29-13-16-33-68(61)77)57-41-43-64-71(47-57)79(54-25-8-3-9-26-54)76-65(59-31-18-24-52-23-10-11-27-58(52)59)48-73-74(75(64)76)66-45-53(37-44-72(66)80-73)50-21-6-2-7-22-50/h1-12,14-15,17-21,23-35,37-48,50-51H,13,16,22,36H2. The Hall–Kier alpha value is -9.28. The van der Waals surface area contributed by atoms with E-state index in [0.717, 1.165) is 42.7 Å². The first-order valence-corrected chi connectivity index (χ1v) is 29.3. The van der Waals surface area contributed by atoms with Crippen LogP contribution in [0.2, 0.25) is 0 Å². The van der Waals surface area contributed by atoms with Crippen molar-refractivity contribution in [1.82, 2.24) is 4.57 Å². The average Bonchev–Trinajstić information content (AvgIpc) is 3.38. The van der Waals surface area contributed by atoms with Crippen LogP contribution in [0.1, 0.15) is 70.9 Å². The second kappa shape index (κ2) is 17.9. The van der Waals surface area contributed by atoms with Gasteiger partial charge in [0.05, 0.1) is 16.4 Å². The first-order chi connectivity index (χ1) is 39.7. The van der Waals surface area contributed by atoms with Crippen LogP contribution in [0.25, 0.3) is 86.3 Å². The fourth-order valence-corrected chi connectivity index (χ4v) is 16.0. The summed E-state index contributed by atoms with van der Waals surface area (Å²) in [6.45, 7) is 0. The van der Waals surface area contributed by atoms with Crippen LogP contribution in [0.3, 0.4) is 0 Å². The van der Waals surface area contributed by atoms with Crippen LogP contribution in [-0.4, -0.2) is 4.57 Å². The minimum absolute atomic E-state index is 0.294. The largest absolute Gasteiger partial charge is 0.311 e. The summed E-state index contributed by atoms with van der Waals surface area (Å²) in [5, 5.41) is 7.71. The maximum absolute atomic E-state index is 2.59. The first-order valence-electron chi connectivity index (χ1n) is 28.5. The Kier molecular flexibility index (Phi) is 10.2. The van der Waals surface area contributed by atoms with Gasteiger partial charge in [-0.25, -0.2) is 0 Å². The monoisotopic (exact) mass is 1040 g/mol. The van der Waals surface area contributed by atoms with Crippen molar-refractivity contribution in [3.63, 3.8) is 0 Å². The zero-order valence-electron chi connectivity index (χ0n) is 44.2. The number of allylic oxidation sites excluding steroid dienone is 11. The maximum Gasteiger partial charge on any atom is 0.0723 e. The lowest BCUT2D eigenvalue weighted by Crippen LogP contribution is -2.27. The van der Waals surface area contributed by atoms with E-state index in [-0.39, 0.29) is 0 Å². The average molecular weight is 1040 g/mol. The number of nitrogens with zero attached hydrogens (tertiary/aromatic N) is 2. The Labute approximate surface area is 470 Å². The minimum Gasteiger partial charge on any atom is -0.311 e. The number of aromatic nitrogens is 1. The molecule has 0 aliphatic heterocycles. The lowest BCUT2D eigenvalue weighted by molar-refractivity contribution is 0.781. The highest BCUT2D eigenvalue weighted by Crippen LogP contribution is 2.65. The predicted octanol–water partition coefficient (Wildman–Crippen LogP) is 20.8. The first kappa shape index (κ1) is 45.7. The van der Waals surface area contributed by atoms with Crippen LogP contribution in [0, 0.1) is 0 Å². The van der Waals surface area contributed by atoms with E-state index in [1.165, 1.54) is 125 Å². The van der Waals surface area contributed by atoms with Gasteiger partial charge >= 0.3 is 0 Å². The van der Waals surface area contributed by atoms with Gasteiger partial charge in [0.1, 0.15) is 0 Å². The van der Waals surface area contributed by atoms with Crippen molar-refractivity contribution in [1.29, 1.82) is 0 Å². The van der Waals surface area contributed by atoms with Gasteiger partial charge in [-0.05, 0) is 158 Å². The van der Waals surface area contributed by atoms with Gasteiger partial charge in [0, 0.05) is 71.1 Å². The molecule has 3 atom stereocenters. The van der Waals surface area contributed by atoms with Crippen molar-refractivity contribution in [2.24, 2.45) is 0 Å². The van der Waals surface area contributed by atoms with Gasteiger partial charge in [0.2, 0.25) is 0 Å². The third kappa shape index (κ3) is 6.65. The Bertz CT molecular complexity index is 4780. The van der Waals surface area contributed by atoms with E-state index in [1.807, 2.05) is 11.3 Å². The molecule has 17 rings (SSSR count). The Morgan fingerprint density at radius 2 is 1.19 bits per heavy atom. The smallest absolute Gasteiger partial charge is 0.0723 e. The number of para-hydroxylation sites is 1. The predicted molar refractivity (Wildman–Crippen MR) is 339 cm³/mol. The van der Waals surface area contributed by atoms with E-state index >= 15 is 0 Å². The fraction of sp³-hybridized carbons (Fsp3) is 0.0909. The molecule has 80 heavy (non-hydrogen) atoms. The molecular weight excluding hydrogens is 985 g/mol. The summed E-state index contributed by atoms with van der Waals surface area (Å²) in [5.74, 6) is 0.641. The highest BCUT2D eigenvalue weighted by Gasteiger charge is 2.53. The highest BCUT2D eigenvalue weighted by atomic mass is 32.1. The van der Waals surface area contributed by atoms with E-state index in [0.29, 0.717) is 11.8 Å². The molecule has 0 saturated carbocycles. The molecule has 0 N–H and O–H groups in total. The molecule has 2 aromatic heterocycles. The van der Waals surface area contributed by atoms with Crippen molar-refractivity contribution >= 4 is 81.0 Å². The molecule has 0 saturated heterocycles. The molecule has 1 spiro atoms. The van der Waals surface area contributed by atoms with Gasteiger partial charge in [-0.2, -0.15) is 0 Å². The van der Waals surface area contributed by atoms with Crippen LogP contribution in [0.15, 0.2) is 278 Å². The van der Waals surface area contributed by atoms with E-state index in [9.17, 15) is 0 Å². The zero-order chi connectivity index (χ0) is 52.5. The summed E-state index contributed by atoms with van der Waals surface area (Å²) in [6.07, 6.45) is 25.4. The fourth-order valence-electron chi connectivity index (χ4n) is 14.8. The molecule has 2 nitrogen and oxygen atoms in total. The van der Waals surface area contributed by atoms with Crippen LogP contribution in [-0.2, 0) is 5.41 Å². The molecule has 5 aliphatic carbocycles. The normalized spacial score (nSPS) is 18.7. The van der Waals surface area contributed by atoms with E-state index in [4.69, 9.17) is 0 Å². The van der Waals surface area contributed by atoms with Crippen molar-refractivity contribution in [2.75, 3.05) is 4.90 Å². The number of fused-ring (bicyclic) bond motifs is 18. The number of rotatable bonds is 7. The zero-order valence-corrected chi connectivity index (χ0v) is 45.0. The number of hydrogen-bond donors (Lipinski definition) is 0. The molecule has 0 radical (unpaired) electrons. The number of benzene rings is 10. The Morgan fingerprint density at radius 1 is 0.463 bits per heavy atom. The lowest BCUT2D eigenvalue weighted by Gasteiger charge is -2.34. The maximum atomic E-state index is 2.59. The molecule has 3 unspecified atom stereocenters. The Balaban J connectivity index is 0.951. The van der Waals surface area contributed by atoms with E-state index in [2.05, 4.69) is 276 Å². The highest BCUT2D eigenvalue weighted by molar-refractivity contribution is 7.26. The van der Waals surface area contributed by atoms with Gasteiger partial charge < -0.3 is 9.47 Å². The summed E-state index contributed by atoms with van der Waals surface area (Å²) in [7, 11) is 0. The lowest BCUT2D eigenvalue weighted by atomic mass is 9.69. The van der Waals surface area contributed by atoms with E-state index in [1.54, 1.807) is 0 Å². The summed E-state index contributed by atoms with van der Waals surface area (Å²) in [6, 6.07) is 80.8. The number of anilines is 2. The molecule has 12 aromatic rings. The van der Waals surface area contributed by atoms with Gasteiger partial charge in [0.25, 0.3) is 0 Å². The Morgan fingerprint density at radius 3 is 2.04 bits per heavy atom. The van der Waals surface area contributed by atoms with Gasteiger partial charge in [0.15, 0.2) is 0 Å². The number of hydrogen-bond acceptors (Lipinski definition) is 2. The molecule has 2 heterocycles. The number of thiophene rings is 1. The van der Waals surface area contributed by atoms with Gasteiger partial charge in [-0.3, -0.25) is 0 Å². The minimum atomic E-state index is -0.425. The van der Waals surface area contributed by atoms with Crippen LogP contribution < -0.4 is 4.90 Å². The van der Waals surface area contributed by atoms with E-state index < -0.39 is 5.41 Å². The SMILES string of the molecule is C1=CCC(c2ccc3sc4cc(-c5cccc6ccccc56)c5c(c6ccc(N(C7=CCC(c8ccccc8)C=C7)c7ccc8c(c7)C7(C9=CCCC=C9c9ccccc97)c7ccccc7-8)cc6n5-c5ccccc5)c4c3c2)C=C1. The van der Waals surface area contributed by atoms with Crippen molar-refractivity contribution < 1.29 is 0 Å². The molecule has 378 valence electrons. The topological polar surface area (TPSA) is 8.17 Å². The second-order valence-corrected chi connectivity index (χ2v) is 23.5. The molecule has 0 bridgehead atoms. The molecule has 0 amide bonds. The van der Waals surface area contributed by atoms with Crippen molar-refractivity contribution in [3.8, 4) is 27.9 Å². The van der Waals surface area contributed by atoms with Crippen molar-refractivity contribution in [2.45, 2.75) is 42.9 Å². The quantitative estimate of drug-likeness (QED) is 0.154. The second-order valence-electron chi connectivity index (χ2n) is 22.4. The summed E-state index contributed by atoms with van der Waals surface area (Å²) in [4.78, 5) is 2.56. The summed E-state index contributed by atoms with van der Waals surface area (Å²) in [5.41, 5.74) is 22.7. The van der Waals surface area contributed by atoms with Gasteiger partial charge in [-0.1, -0.05) is 206 Å². The molecular formula is C77H54N2S. The molecule has 5 aliphatic rings. The molecule has 3 heteroatoms. The van der Waals surface area contributed by atoms with Crippen molar-refractivity contribution in [3.05, 3.63) is 312 Å². The van der Waals surface area contributed by atoms with Crippen LogP contribution >= 0.6 is 11.3 Å². The molecule has 0 fully saturated rings. The molecule has 10 aromatic carbocycles. The summed E-state index contributed by atoms with van der Waals surface area (Å²) < 4.78 is 5.22.